The number of aromatic hydroxyl groups is 1. The number of fused-ring (bicyclic) bond motifs is 5. The van der Waals surface area contributed by atoms with Crippen LogP contribution in [0.5, 0.6) is 5.75 Å². The Labute approximate surface area is 136 Å². The molecule has 0 unspecified atom stereocenters. The van der Waals surface area contributed by atoms with E-state index < -0.39 is 6.16 Å². The summed E-state index contributed by atoms with van der Waals surface area (Å²) in [6.07, 6.45) is 4.92. The largest absolute Gasteiger partial charge is 0.508 e. The molecule has 5 atom stereocenters. The third-order valence-electron chi connectivity index (χ3n) is 6.87. The fourth-order valence-electron chi connectivity index (χ4n) is 5.84. The predicted molar refractivity (Wildman–Crippen MR) is 85.6 cm³/mol. The summed E-state index contributed by atoms with van der Waals surface area (Å²) in [7, 11) is 0. The van der Waals surface area contributed by atoms with Gasteiger partial charge in [-0.2, -0.15) is 0 Å². The van der Waals surface area contributed by atoms with E-state index in [2.05, 4.69) is 13.0 Å². The summed E-state index contributed by atoms with van der Waals surface area (Å²) in [6.45, 7) is 2.24. The van der Waals surface area contributed by atoms with E-state index in [0.29, 0.717) is 23.5 Å². The number of aryl methyl sites for hydroxylation is 1. The monoisotopic (exact) mass is 316 g/mol. The third-order valence-corrected chi connectivity index (χ3v) is 6.87. The molecule has 0 heterocycles. The van der Waals surface area contributed by atoms with Crippen LogP contribution in [0.2, 0.25) is 0 Å². The number of rotatable bonds is 1. The van der Waals surface area contributed by atoms with Gasteiger partial charge in [-0.3, -0.25) is 0 Å². The summed E-state index contributed by atoms with van der Waals surface area (Å²) in [5, 5.41) is 18.7. The Bertz CT molecular complexity index is 640. The minimum Gasteiger partial charge on any atom is -0.508 e. The van der Waals surface area contributed by atoms with Crippen molar-refractivity contribution < 1.29 is 19.7 Å². The van der Waals surface area contributed by atoms with Crippen molar-refractivity contribution in [3.05, 3.63) is 29.3 Å². The van der Waals surface area contributed by atoms with Crippen LogP contribution >= 0.6 is 0 Å². The average molecular weight is 316 g/mol. The van der Waals surface area contributed by atoms with Crippen LogP contribution in [0.4, 0.5) is 4.79 Å². The second-order valence-corrected chi connectivity index (χ2v) is 7.79. The Morgan fingerprint density at radius 1 is 1.26 bits per heavy atom. The quantitative estimate of drug-likeness (QED) is 0.758. The van der Waals surface area contributed by atoms with Crippen LogP contribution in [0, 0.1) is 17.3 Å². The number of phenols is 1. The smallest absolute Gasteiger partial charge is 0.506 e. The van der Waals surface area contributed by atoms with E-state index in [1.807, 2.05) is 6.07 Å². The van der Waals surface area contributed by atoms with E-state index >= 15 is 0 Å². The van der Waals surface area contributed by atoms with Crippen LogP contribution in [0.25, 0.3) is 0 Å². The van der Waals surface area contributed by atoms with Crippen LogP contribution in [-0.4, -0.2) is 22.5 Å². The number of carbonyl (C=O) groups is 1. The highest BCUT2D eigenvalue weighted by atomic mass is 16.7. The summed E-state index contributed by atoms with van der Waals surface area (Å²) in [4.78, 5) is 11.0. The Kier molecular flexibility index (Phi) is 3.33. The van der Waals surface area contributed by atoms with Gasteiger partial charge in [-0.15, -0.1) is 0 Å². The number of benzene rings is 1. The molecule has 1 aromatic rings. The number of hydrogen-bond donors (Lipinski definition) is 2. The zero-order chi connectivity index (χ0) is 16.2. The number of phenolic OH excluding ortho intramolecular Hbond substituents is 1. The van der Waals surface area contributed by atoms with Crippen molar-refractivity contribution in [3.63, 3.8) is 0 Å². The lowest BCUT2D eigenvalue weighted by atomic mass is 9.55. The minimum atomic E-state index is -1.14. The van der Waals surface area contributed by atoms with Crippen LogP contribution < -0.4 is 0 Å². The first-order chi connectivity index (χ1) is 11.0. The predicted octanol–water partition coefficient (Wildman–Crippen LogP) is 4.31. The molecule has 1 aromatic carbocycles. The zero-order valence-electron chi connectivity index (χ0n) is 13.5. The standard InChI is InChI=1S/C19H24O4/c1-19-9-8-14-13-5-3-12(20)10-11(13)2-4-15(14)16(19)6-7-17(19)23-18(21)22/h3,5,10,14-17,20H,2,4,6-9H2,1H3,(H,21,22)/t14-,15-,16+,17+,19+/m1/s1. The first kappa shape index (κ1) is 14.9. The first-order valence-corrected chi connectivity index (χ1v) is 8.70. The Morgan fingerprint density at radius 3 is 2.87 bits per heavy atom. The average Bonchev–Trinajstić information content (AvgIpc) is 2.83. The fourth-order valence-corrected chi connectivity index (χ4v) is 5.84. The molecule has 4 nitrogen and oxygen atoms in total. The molecule has 2 fully saturated rings. The maximum atomic E-state index is 11.0. The zero-order valence-corrected chi connectivity index (χ0v) is 13.5. The van der Waals surface area contributed by atoms with E-state index in [1.165, 1.54) is 11.1 Å². The van der Waals surface area contributed by atoms with Gasteiger partial charge in [0.15, 0.2) is 0 Å². The number of hydrogen-bond acceptors (Lipinski definition) is 3. The number of carboxylic acid groups (broad SMARTS) is 1. The second-order valence-electron chi connectivity index (χ2n) is 7.79. The van der Waals surface area contributed by atoms with Gasteiger partial charge in [0.25, 0.3) is 0 Å². The molecule has 4 rings (SSSR count). The van der Waals surface area contributed by atoms with E-state index in [9.17, 15) is 9.90 Å². The molecule has 23 heavy (non-hydrogen) atoms. The molecule has 0 radical (unpaired) electrons. The lowest BCUT2D eigenvalue weighted by Crippen LogP contribution is -2.45. The molecular formula is C19H24O4. The van der Waals surface area contributed by atoms with Crippen molar-refractivity contribution in [2.24, 2.45) is 17.3 Å². The highest BCUT2D eigenvalue weighted by molar-refractivity contribution is 5.57. The molecular weight excluding hydrogens is 292 g/mol. The van der Waals surface area contributed by atoms with Crippen molar-refractivity contribution in [2.75, 3.05) is 0 Å². The van der Waals surface area contributed by atoms with Gasteiger partial charge < -0.3 is 14.9 Å². The molecule has 4 heteroatoms. The van der Waals surface area contributed by atoms with Gasteiger partial charge in [-0.05, 0) is 79.5 Å². The molecule has 2 N–H and O–H groups in total. The Hall–Kier alpha value is -1.71. The molecule has 0 bridgehead atoms. The molecule has 0 amide bonds. The maximum absolute atomic E-state index is 11.0. The van der Waals surface area contributed by atoms with Gasteiger partial charge in [0.1, 0.15) is 11.9 Å². The summed E-state index contributed by atoms with van der Waals surface area (Å²) in [6, 6.07) is 5.83. The molecule has 3 aliphatic rings. The lowest BCUT2D eigenvalue weighted by molar-refractivity contribution is -0.0456. The molecule has 0 aliphatic heterocycles. The topological polar surface area (TPSA) is 66.8 Å². The molecule has 0 saturated heterocycles. The molecule has 0 aromatic heterocycles. The van der Waals surface area contributed by atoms with Crippen LogP contribution in [-0.2, 0) is 11.2 Å². The fraction of sp³-hybridized carbons (Fsp3) is 0.632. The summed E-state index contributed by atoms with van der Waals surface area (Å²) in [5.74, 6) is 2.08. The van der Waals surface area contributed by atoms with Gasteiger partial charge >= 0.3 is 6.16 Å². The van der Waals surface area contributed by atoms with Crippen LogP contribution in [0.1, 0.15) is 56.1 Å². The van der Waals surface area contributed by atoms with Crippen LogP contribution in [0.15, 0.2) is 18.2 Å². The highest BCUT2D eigenvalue weighted by Gasteiger charge is 2.56. The summed E-state index contributed by atoms with van der Waals surface area (Å²) < 4.78 is 5.23. The van der Waals surface area contributed by atoms with E-state index in [4.69, 9.17) is 9.84 Å². The summed E-state index contributed by atoms with van der Waals surface area (Å²) in [5.41, 5.74) is 2.70. The van der Waals surface area contributed by atoms with Gasteiger partial charge in [-0.1, -0.05) is 13.0 Å². The third kappa shape index (κ3) is 2.22. The Balaban J connectivity index is 1.63. The van der Waals surface area contributed by atoms with Gasteiger partial charge in [-0.25, -0.2) is 4.79 Å². The van der Waals surface area contributed by atoms with Gasteiger partial charge in [0.05, 0.1) is 0 Å². The normalized spacial score (nSPS) is 38.3. The maximum Gasteiger partial charge on any atom is 0.506 e. The Morgan fingerprint density at radius 2 is 2.09 bits per heavy atom. The minimum absolute atomic E-state index is 0.00597. The lowest BCUT2D eigenvalue weighted by Gasteiger charge is -2.50. The van der Waals surface area contributed by atoms with E-state index in [-0.39, 0.29) is 11.5 Å². The summed E-state index contributed by atoms with van der Waals surface area (Å²) >= 11 is 0. The van der Waals surface area contributed by atoms with Crippen molar-refractivity contribution in [1.82, 2.24) is 0 Å². The number of ether oxygens (including phenoxy) is 1. The van der Waals surface area contributed by atoms with Crippen molar-refractivity contribution in [1.29, 1.82) is 0 Å². The molecule has 124 valence electrons. The SMILES string of the molecule is C[C@]12CC[C@@H]3c4ccc(O)cc4CC[C@H]3[C@@H]1CC[C@@H]2OC(=O)O. The van der Waals surface area contributed by atoms with Crippen molar-refractivity contribution in [3.8, 4) is 5.75 Å². The van der Waals surface area contributed by atoms with Crippen molar-refractivity contribution in [2.45, 2.75) is 57.5 Å². The molecule has 3 aliphatic carbocycles. The molecule has 0 spiro atoms. The van der Waals surface area contributed by atoms with Gasteiger partial charge in [0, 0.05) is 5.41 Å². The second kappa shape index (κ2) is 5.15. The van der Waals surface area contributed by atoms with Crippen molar-refractivity contribution >= 4 is 6.16 Å². The van der Waals surface area contributed by atoms with Crippen LogP contribution in [0.3, 0.4) is 0 Å². The van der Waals surface area contributed by atoms with Gasteiger partial charge in [0.2, 0.25) is 0 Å². The van der Waals surface area contributed by atoms with E-state index in [0.717, 1.165) is 38.5 Å². The first-order valence-electron chi connectivity index (χ1n) is 8.70. The highest BCUT2D eigenvalue weighted by Crippen LogP contribution is 2.61. The van der Waals surface area contributed by atoms with E-state index in [1.54, 1.807) is 6.07 Å². The molecule has 2 saturated carbocycles.